The molecule has 2 heterocycles. The number of aromatic nitrogens is 1. The van der Waals surface area contributed by atoms with E-state index in [2.05, 4.69) is 10.3 Å². The summed E-state index contributed by atoms with van der Waals surface area (Å²) in [4.78, 5) is 18.4. The van der Waals surface area contributed by atoms with E-state index in [1.165, 1.54) is 12.3 Å². The summed E-state index contributed by atoms with van der Waals surface area (Å²) in [6.07, 6.45) is 4.41. The van der Waals surface area contributed by atoms with Crippen LogP contribution in [0.5, 0.6) is 0 Å². The molecule has 27 heavy (non-hydrogen) atoms. The zero-order chi connectivity index (χ0) is 17.6. The number of benzene rings is 1. The smallest absolute Gasteiger partial charge is 0.223 e. The summed E-state index contributed by atoms with van der Waals surface area (Å²) in [5.74, 6) is 1.31. The lowest BCUT2D eigenvalue weighted by molar-refractivity contribution is -0.132. The van der Waals surface area contributed by atoms with Crippen LogP contribution in [0.15, 0.2) is 34.9 Å². The second-order valence-corrected chi connectivity index (χ2v) is 6.48. The van der Waals surface area contributed by atoms with Gasteiger partial charge in [0.1, 0.15) is 5.82 Å². The molecule has 1 N–H and O–H groups in total. The normalized spacial score (nSPS) is 14.4. The number of rotatable bonds is 6. The minimum absolute atomic E-state index is 0. The molecule has 0 spiro atoms. The topological polar surface area (TPSA) is 58.4 Å². The highest BCUT2D eigenvalue weighted by Crippen LogP contribution is 2.24. The fourth-order valence-corrected chi connectivity index (χ4v) is 3.26. The fourth-order valence-electron chi connectivity index (χ4n) is 3.26. The van der Waals surface area contributed by atoms with Gasteiger partial charge in [-0.3, -0.25) is 4.79 Å². The number of piperidine rings is 1. The third-order valence-electron chi connectivity index (χ3n) is 4.71. The molecule has 0 aliphatic carbocycles. The molecule has 0 saturated carbocycles. The van der Waals surface area contributed by atoms with Crippen LogP contribution < -0.4 is 5.32 Å². The summed E-state index contributed by atoms with van der Waals surface area (Å²) in [5.41, 5.74) is 0.388. The number of carbonyl (C=O) groups excluding carboxylic acids is 1. The molecule has 5 nitrogen and oxygen atoms in total. The molecule has 1 fully saturated rings. The van der Waals surface area contributed by atoms with Gasteiger partial charge in [0.25, 0.3) is 0 Å². The van der Waals surface area contributed by atoms with E-state index in [-0.39, 0.29) is 36.5 Å². The summed E-state index contributed by atoms with van der Waals surface area (Å²) in [6.45, 7) is 2.64. The van der Waals surface area contributed by atoms with Gasteiger partial charge in [-0.1, -0.05) is 12.1 Å². The molecule has 150 valence electrons. The van der Waals surface area contributed by atoms with Crippen molar-refractivity contribution in [3.8, 4) is 11.3 Å². The number of amides is 1. The fraction of sp³-hybridized carbons (Fsp3) is 0.474. The van der Waals surface area contributed by atoms with E-state index in [0.29, 0.717) is 36.0 Å². The van der Waals surface area contributed by atoms with Gasteiger partial charge in [-0.2, -0.15) is 0 Å². The minimum atomic E-state index is -0.342. The zero-order valence-electron chi connectivity index (χ0n) is 15.3. The molecule has 0 bridgehead atoms. The molecule has 0 unspecified atom stereocenters. The van der Waals surface area contributed by atoms with Crippen LogP contribution in [-0.4, -0.2) is 42.5 Å². The van der Waals surface area contributed by atoms with Gasteiger partial charge in [-0.15, -0.1) is 24.8 Å². The molecule has 1 amide bonds. The molecule has 1 aromatic carbocycles. The van der Waals surface area contributed by atoms with E-state index in [1.807, 2.05) is 11.9 Å². The van der Waals surface area contributed by atoms with Crippen molar-refractivity contribution >= 4 is 30.7 Å². The van der Waals surface area contributed by atoms with Crippen molar-refractivity contribution in [2.75, 3.05) is 26.7 Å². The van der Waals surface area contributed by atoms with Crippen LogP contribution in [0.1, 0.15) is 25.2 Å². The van der Waals surface area contributed by atoms with Gasteiger partial charge >= 0.3 is 0 Å². The number of likely N-dealkylation sites (tertiary alicyclic amines) is 1. The summed E-state index contributed by atoms with van der Waals surface area (Å²) in [5, 5.41) is 3.20. The van der Waals surface area contributed by atoms with Gasteiger partial charge in [0.05, 0.1) is 11.8 Å². The molecule has 8 heteroatoms. The first-order chi connectivity index (χ1) is 12.2. The van der Waals surface area contributed by atoms with Gasteiger partial charge in [0.15, 0.2) is 11.7 Å². The third-order valence-corrected chi connectivity index (χ3v) is 4.71. The number of hydrogen-bond donors (Lipinski definition) is 1. The number of carbonyl (C=O) groups is 1. The summed E-state index contributed by atoms with van der Waals surface area (Å²) in [6, 6.07) is 6.43. The molecule has 2 aromatic rings. The van der Waals surface area contributed by atoms with Crippen molar-refractivity contribution in [3.63, 3.8) is 0 Å². The first-order valence-electron chi connectivity index (χ1n) is 8.79. The lowest BCUT2D eigenvalue weighted by atomic mass is 9.96. The van der Waals surface area contributed by atoms with Crippen LogP contribution in [0.4, 0.5) is 4.39 Å². The summed E-state index contributed by atoms with van der Waals surface area (Å²) < 4.78 is 19.4. The molecule has 3 rings (SSSR count). The maximum atomic E-state index is 13.8. The van der Waals surface area contributed by atoms with E-state index in [0.717, 1.165) is 32.5 Å². The number of oxazole rings is 1. The number of aryl methyl sites for hydroxylation is 1. The average Bonchev–Trinajstić information content (AvgIpc) is 3.10. The lowest BCUT2D eigenvalue weighted by Gasteiger charge is -2.32. The highest BCUT2D eigenvalue weighted by molar-refractivity contribution is 5.85. The molecule has 1 aromatic heterocycles. The Balaban J connectivity index is 0.00000182. The number of halogens is 3. The van der Waals surface area contributed by atoms with Gasteiger partial charge in [0, 0.05) is 25.9 Å². The number of nitrogens with zero attached hydrogens (tertiary/aromatic N) is 2. The van der Waals surface area contributed by atoms with E-state index in [9.17, 15) is 9.18 Å². The van der Waals surface area contributed by atoms with Crippen LogP contribution >= 0.6 is 24.8 Å². The Morgan fingerprint density at radius 2 is 2.00 bits per heavy atom. The predicted molar refractivity (Wildman–Crippen MR) is 108 cm³/mol. The van der Waals surface area contributed by atoms with Gasteiger partial charge in [-0.25, -0.2) is 9.37 Å². The zero-order valence-corrected chi connectivity index (χ0v) is 17.0. The predicted octanol–water partition coefficient (Wildman–Crippen LogP) is 3.71. The molecule has 1 aliphatic rings. The maximum absolute atomic E-state index is 13.8. The van der Waals surface area contributed by atoms with Crippen LogP contribution in [0, 0.1) is 11.7 Å². The van der Waals surface area contributed by atoms with E-state index in [4.69, 9.17) is 4.42 Å². The second kappa shape index (κ2) is 11.3. The van der Waals surface area contributed by atoms with Gasteiger partial charge in [-0.05, 0) is 44.5 Å². The Hall–Kier alpha value is -1.63. The van der Waals surface area contributed by atoms with E-state index >= 15 is 0 Å². The standard InChI is InChI=1S/C19H24FN3O2.2ClH/c1-21-12-14-8-10-23(11-9-14)19(24)7-6-18-22-13-17(25-18)15-4-2-3-5-16(15)20;;/h2-5,13-14,21H,6-12H2,1H3;2*1H. The number of nitrogens with one attached hydrogen (secondary N) is 1. The first-order valence-corrected chi connectivity index (χ1v) is 8.79. The van der Waals surface area contributed by atoms with Crippen molar-refractivity contribution in [1.29, 1.82) is 0 Å². The highest BCUT2D eigenvalue weighted by Gasteiger charge is 2.22. The van der Waals surface area contributed by atoms with Gasteiger partial charge in [0.2, 0.25) is 5.91 Å². The Morgan fingerprint density at radius 1 is 1.30 bits per heavy atom. The first kappa shape index (κ1) is 23.4. The molecule has 1 aliphatic heterocycles. The Kier molecular flexibility index (Phi) is 9.77. The van der Waals surface area contributed by atoms with Crippen molar-refractivity contribution in [2.24, 2.45) is 5.92 Å². The van der Waals surface area contributed by atoms with Gasteiger partial charge < -0.3 is 14.6 Å². The van der Waals surface area contributed by atoms with Crippen LogP contribution in [0.2, 0.25) is 0 Å². The number of hydrogen-bond acceptors (Lipinski definition) is 4. The monoisotopic (exact) mass is 417 g/mol. The minimum Gasteiger partial charge on any atom is -0.441 e. The van der Waals surface area contributed by atoms with E-state index in [1.54, 1.807) is 18.2 Å². The SMILES string of the molecule is CNCC1CCN(C(=O)CCc2ncc(-c3ccccc3F)o2)CC1.Cl.Cl. The summed E-state index contributed by atoms with van der Waals surface area (Å²) >= 11 is 0. The summed E-state index contributed by atoms with van der Waals surface area (Å²) in [7, 11) is 1.96. The average molecular weight is 418 g/mol. The molecule has 0 atom stereocenters. The Labute approximate surface area is 171 Å². The quantitative estimate of drug-likeness (QED) is 0.777. The lowest BCUT2D eigenvalue weighted by Crippen LogP contribution is -2.40. The van der Waals surface area contributed by atoms with Crippen molar-refractivity contribution < 1.29 is 13.6 Å². The van der Waals surface area contributed by atoms with E-state index < -0.39 is 0 Å². The maximum Gasteiger partial charge on any atom is 0.223 e. The molecular formula is C19H26Cl2FN3O2. The molecule has 0 radical (unpaired) electrons. The molecular weight excluding hydrogens is 392 g/mol. The van der Waals surface area contributed by atoms with Crippen molar-refractivity contribution in [3.05, 3.63) is 42.2 Å². The van der Waals surface area contributed by atoms with Crippen LogP contribution in [0.3, 0.4) is 0 Å². The Bertz CT molecular complexity index is 718. The largest absolute Gasteiger partial charge is 0.441 e. The highest BCUT2D eigenvalue weighted by atomic mass is 35.5. The van der Waals surface area contributed by atoms with Crippen molar-refractivity contribution in [2.45, 2.75) is 25.7 Å². The van der Waals surface area contributed by atoms with Crippen LogP contribution in [-0.2, 0) is 11.2 Å². The second-order valence-electron chi connectivity index (χ2n) is 6.48. The van der Waals surface area contributed by atoms with Crippen LogP contribution in [0.25, 0.3) is 11.3 Å². The van der Waals surface area contributed by atoms with Crippen molar-refractivity contribution in [1.82, 2.24) is 15.2 Å². The Morgan fingerprint density at radius 3 is 2.67 bits per heavy atom. The molecule has 1 saturated heterocycles. The third kappa shape index (κ3) is 6.19.